The van der Waals surface area contributed by atoms with Gasteiger partial charge in [-0.1, -0.05) is 18.2 Å². The lowest BCUT2D eigenvalue weighted by Crippen LogP contribution is -2.50. The maximum absolute atomic E-state index is 12.3. The fourth-order valence-electron chi connectivity index (χ4n) is 3.08. The molecule has 124 valence electrons. The summed E-state index contributed by atoms with van der Waals surface area (Å²) in [6.45, 7) is 2.47. The minimum Gasteiger partial charge on any atom is -0.457 e. The zero-order chi connectivity index (χ0) is 16.5. The van der Waals surface area contributed by atoms with E-state index in [1.54, 1.807) is 17.1 Å². The Bertz CT molecular complexity index is 763. The molecule has 0 atom stereocenters. The second-order valence-electron chi connectivity index (χ2n) is 6.44. The molecule has 0 spiro atoms. The molecule has 24 heavy (non-hydrogen) atoms. The van der Waals surface area contributed by atoms with E-state index in [4.69, 9.17) is 4.42 Å². The fourth-order valence-corrected chi connectivity index (χ4v) is 3.08. The van der Waals surface area contributed by atoms with Crippen LogP contribution in [0.1, 0.15) is 18.6 Å². The Balaban J connectivity index is 1.35. The van der Waals surface area contributed by atoms with Gasteiger partial charge in [0.15, 0.2) is 0 Å². The number of hydrogen-bond acceptors (Lipinski definition) is 3. The molecule has 0 bridgehead atoms. The van der Waals surface area contributed by atoms with Gasteiger partial charge in [-0.05, 0) is 31.1 Å². The van der Waals surface area contributed by atoms with Crippen molar-refractivity contribution in [2.75, 3.05) is 26.2 Å². The molecule has 2 aliphatic rings. The highest BCUT2D eigenvalue weighted by Gasteiger charge is 2.34. The van der Waals surface area contributed by atoms with Crippen LogP contribution >= 0.6 is 0 Å². The second kappa shape index (κ2) is 6.15. The molecular weight excluding hydrogens is 304 g/mol. The number of benzene rings is 1. The predicted molar refractivity (Wildman–Crippen MR) is 91.1 cm³/mol. The van der Waals surface area contributed by atoms with Gasteiger partial charge < -0.3 is 14.2 Å². The molecule has 1 aliphatic heterocycles. The van der Waals surface area contributed by atoms with Gasteiger partial charge in [-0.2, -0.15) is 0 Å². The monoisotopic (exact) mass is 324 g/mol. The summed E-state index contributed by atoms with van der Waals surface area (Å²) in [6.07, 6.45) is 5.32. The molecule has 1 saturated heterocycles. The third-order valence-corrected chi connectivity index (χ3v) is 4.66. The standard InChI is InChI=1S/C19H20N2O3/c22-18(8-7-16-13-15-3-1-2-4-17(15)24-16)20-9-11-21(12-10-20)19(23)14-5-6-14/h1-4,7-8,13-14H,5-6,9-12H2/b8-7+. The van der Waals surface area contributed by atoms with Gasteiger partial charge in [-0.15, -0.1) is 0 Å². The molecule has 1 aromatic carbocycles. The van der Waals surface area contributed by atoms with Crippen LogP contribution in [-0.4, -0.2) is 47.8 Å². The molecule has 2 heterocycles. The number of nitrogens with zero attached hydrogens (tertiary/aromatic N) is 2. The molecular formula is C19H20N2O3. The van der Waals surface area contributed by atoms with Crippen molar-refractivity contribution in [3.63, 3.8) is 0 Å². The minimum absolute atomic E-state index is 0.0334. The Morgan fingerprint density at radius 1 is 1.04 bits per heavy atom. The highest BCUT2D eigenvalue weighted by molar-refractivity contribution is 5.92. The Hall–Kier alpha value is -2.56. The van der Waals surface area contributed by atoms with Gasteiger partial charge in [-0.3, -0.25) is 9.59 Å². The molecule has 1 saturated carbocycles. The third kappa shape index (κ3) is 3.07. The zero-order valence-electron chi connectivity index (χ0n) is 13.5. The van der Waals surface area contributed by atoms with Gasteiger partial charge in [-0.25, -0.2) is 0 Å². The number of hydrogen-bond donors (Lipinski definition) is 0. The Morgan fingerprint density at radius 3 is 2.46 bits per heavy atom. The summed E-state index contributed by atoms with van der Waals surface area (Å²) in [7, 11) is 0. The number of rotatable bonds is 3. The van der Waals surface area contributed by atoms with Crippen molar-refractivity contribution in [3.8, 4) is 0 Å². The lowest BCUT2D eigenvalue weighted by atomic mass is 10.2. The summed E-state index contributed by atoms with van der Waals surface area (Å²) in [5.74, 6) is 1.15. The largest absolute Gasteiger partial charge is 0.457 e. The van der Waals surface area contributed by atoms with Gasteiger partial charge in [0.05, 0.1) is 0 Å². The number of carbonyl (C=O) groups excluding carboxylic acids is 2. The first-order valence-electron chi connectivity index (χ1n) is 8.45. The lowest BCUT2D eigenvalue weighted by Gasteiger charge is -2.34. The van der Waals surface area contributed by atoms with Crippen LogP contribution in [-0.2, 0) is 9.59 Å². The number of amides is 2. The number of furan rings is 1. The molecule has 2 fully saturated rings. The van der Waals surface area contributed by atoms with E-state index in [1.165, 1.54) is 0 Å². The molecule has 0 unspecified atom stereocenters. The van der Waals surface area contributed by atoms with Crippen molar-refractivity contribution in [1.82, 2.24) is 9.80 Å². The number of fused-ring (bicyclic) bond motifs is 1. The van der Waals surface area contributed by atoms with Crippen LogP contribution in [0.25, 0.3) is 17.0 Å². The van der Waals surface area contributed by atoms with Crippen molar-refractivity contribution >= 4 is 28.9 Å². The van der Waals surface area contributed by atoms with Crippen LogP contribution < -0.4 is 0 Å². The second-order valence-corrected chi connectivity index (χ2v) is 6.44. The predicted octanol–water partition coefficient (Wildman–Crippen LogP) is 2.53. The summed E-state index contributed by atoms with van der Waals surface area (Å²) in [5.41, 5.74) is 0.816. The highest BCUT2D eigenvalue weighted by atomic mass is 16.3. The van der Waals surface area contributed by atoms with Gasteiger partial charge in [0.1, 0.15) is 11.3 Å². The Labute approximate surface area is 140 Å². The van der Waals surface area contributed by atoms with Crippen LogP contribution in [0.15, 0.2) is 40.8 Å². The van der Waals surface area contributed by atoms with E-state index < -0.39 is 0 Å². The topological polar surface area (TPSA) is 53.8 Å². The minimum atomic E-state index is -0.0334. The Morgan fingerprint density at radius 2 is 1.75 bits per heavy atom. The maximum Gasteiger partial charge on any atom is 0.246 e. The van der Waals surface area contributed by atoms with E-state index in [1.807, 2.05) is 35.2 Å². The summed E-state index contributed by atoms with van der Waals surface area (Å²) < 4.78 is 5.68. The Kier molecular flexibility index (Phi) is 3.84. The maximum atomic E-state index is 12.3. The average molecular weight is 324 g/mol. The van der Waals surface area contributed by atoms with E-state index in [-0.39, 0.29) is 17.7 Å². The molecule has 4 rings (SSSR count). The van der Waals surface area contributed by atoms with Crippen LogP contribution in [0.5, 0.6) is 0 Å². The van der Waals surface area contributed by atoms with Crippen LogP contribution in [0, 0.1) is 5.92 Å². The first-order valence-corrected chi connectivity index (χ1v) is 8.45. The molecule has 5 nitrogen and oxygen atoms in total. The van der Waals surface area contributed by atoms with Crippen molar-refractivity contribution in [2.24, 2.45) is 5.92 Å². The zero-order valence-corrected chi connectivity index (χ0v) is 13.5. The van der Waals surface area contributed by atoms with Gasteiger partial charge >= 0.3 is 0 Å². The van der Waals surface area contributed by atoms with E-state index in [9.17, 15) is 9.59 Å². The summed E-state index contributed by atoms with van der Waals surface area (Å²) >= 11 is 0. The van der Waals surface area contributed by atoms with Crippen LogP contribution in [0.3, 0.4) is 0 Å². The van der Waals surface area contributed by atoms with Crippen molar-refractivity contribution in [1.29, 1.82) is 0 Å². The van der Waals surface area contributed by atoms with Gasteiger partial charge in [0.25, 0.3) is 0 Å². The average Bonchev–Trinajstić information content (AvgIpc) is 3.38. The number of piperazine rings is 1. The molecule has 1 aliphatic carbocycles. The van der Waals surface area contributed by atoms with Crippen molar-refractivity contribution in [2.45, 2.75) is 12.8 Å². The van der Waals surface area contributed by atoms with E-state index in [0.29, 0.717) is 31.9 Å². The first kappa shape index (κ1) is 15.0. The lowest BCUT2D eigenvalue weighted by molar-refractivity contribution is -0.138. The molecule has 1 aromatic heterocycles. The summed E-state index contributed by atoms with van der Waals surface area (Å²) in [4.78, 5) is 28.0. The fraction of sp³-hybridized carbons (Fsp3) is 0.368. The smallest absolute Gasteiger partial charge is 0.246 e. The van der Waals surface area contributed by atoms with Crippen LogP contribution in [0.2, 0.25) is 0 Å². The molecule has 0 radical (unpaired) electrons. The quantitative estimate of drug-likeness (QED) is 0.815. The van der Waals surface area contributed by atoms with Crippen LogP contribution in [0.4, 0.5) is 0 Å². The van der Waals surface area contributed by atoms with E-state index in [2.05, 4.69) is 0 Å². The van der Waals surface area contributed by atoms with E-state index in [0.717, 1.165) is 23.8 Å². The molecule has 2 aromatic rings. The summed E-state index contributed by atoms with van der Waals surface area (Å²) in [5, 5.41) is 1.02. The summed E-state index contributed by atoms with van der Waals surface area (Å²) in [6, 6.07) is 9.69. The molecule has 0 N–H and O–H groups in total. The third-order valence-electron chi connectivity index (χ3n) is 4.66. The number of carbonyl (C=O) groups is 2. The highest BCUT2D eigenvalue weighted by Crippen LogP contribution is 2.31. The molecule has 5 heteroatoms. The molecule has 2 amide bonds. The number of para-hydroxylation sites is 1. The van der Waals surface area contributed by atoms with Gasteiger partial charge in [0, 0.05) is 43.6 Å². The van der Waals surface area contributed by atoms with Gasteiger partial charge in [0.2, 0.25) is 11.8 Å². The first-order chi connectivity index (χ1) is 11.7. The normalized spacial score (nSPS) is 18.5. The van der Waals surface area contributed by atoms with Crippen molar-refractivity contribution < 1.29 is 14.0 Å². The van der Waals surface area contributed by atoms with E-state index >= 15 is 0 Å². The van der Waals surface area contributed by atoms with Crippen molar-refractivity contribution in [3.05, 3.63) is 42.2 Å². The SMILES string of the molecule is O=C(/C=C/c1cc2ccccc2o1)N1CCN(C(=O)C2CC2)CC1.